The summed E-state index contributed by atoms with van der Waals surface area (Å²) in [5.74, 6) is 0.121. The first-order valence-corrected chi connectivity index (χ1v) is 6.98. The van der Waals surface area contributed by atoms with Gasteiger partial charge < -0.3 is 14.4 Å². The van der Waals surface area contributed by atoms with Crippen molar-refractivity contribution in [2.75, 3.05) is 54.1 Å². The number of ether oxygens (including phenoxy) is 2. The Morgan fingerprint density at radius 2 is 1.47 bits per heavy atom. The van der Waals surface area contributed by atoms with Crippen LogP contribution in [0.15, 0.2) is 0 Å². The van der Waals surface area contributed by atoms with Crippen molar-refractivity contribution >= 4 is 5.91 Å². The quantitative estimate of drug-likeness (QED) is 0.639. The summed E-state index contributed by atoms with van der Waals surface area (Å²) in [4.78, 5) is 15.8. The maximum absolute atomic E-state index is 12.0. The third kappa shape index (κ3) is 10.9. The Kier molecular flexibility index (Phi) is 15.0. The molecule has 0 N–H and O–H groups in total. The number of carbonyl (C=O) groups is 1. The highest BCUT2D eigenvalue weighted by atomic mass is 16.5. The second-order valence-corrected chi connectivity index (χ2v) is 4.38. The zero-order valence-electron chi connectivity index (χ0n) is 13.7. The fraction of sp³-hybridized carbons (Fsp3) is 0.929. The molecule has 0 saturated carbocycles. The van der Waals surface area contributed by atoms with Crippen LogP contribution in [0.3, 0.4) is 0 Å². The van der Waals surface area contributed by atoms with Gasteiger partial charge in [0.1, 0.15) is 0 Å². The summed E-state index contributed by atoms with van der Waals surface area (Å²) in [7, 11) is 5.23. The van der Waals surface area contributed by atoms with Crippen molar-refractivity contribution in [3.05, 3.63) is 0 Å². The number of amides is 1. The number of hydrogen-bond donors (Lipinski definition) is 0. The Bertz CT molecular complexity index is 203. The van der Waals surface area contributed by atoms with Gasteiger partial charge in [-0.2, -0.15) is 0 Å². The molecule has 0 atom stereocenters. The van der Waals surface area contributed by atoms with Gasteiger partial charge in [0.15, 0.2) is 0 Å². The zero-order valence-corrected chi connectivity index (χ0v) is 13.7. The second kappa shape index (κ2) is 13.8. The molecule has 0 unspecified atom stereocenters. The third-order valence-electron chi connectivity index (χ3n) is 2.75. The minimum atomic E-state index is 0.121. The standard InChI is InChI=1S/C12H26N2O3.C2H6/c1-11(2)13(3)10-12(15)14(6-8-16-4)7-9-17-5;1-2/h11H,6-10H2,1-5H3;1-2H3. The van der Waals surface area contributed by atoms with E-state index in [1.54, 1.807) is 19.1 Å². The van der Waals surface area contributed by atoms with Gasteiger partial charge >= 0.3 is 0 Å². The first-order valence-electron chi connectivity index (χ1n) is 6.98. The SMILES string of the molecule is CC.COCCN(CCOC)C(=O)CN(C)C(C)C. The van der Waals surface area contributed by atoms with Gasteiger partial charge in [0.2, 0.25) is 5.91 Å². The first kappa shape index (κ1) is 20.7. The Labute approximate surface area is 118 Å². The van der Waals surface area contributed by atoms with E-state index in [9.17, 15) is 4.79 Å². The van der Waals surface area contributed by atoms with Crippen LogP contribution in [0.2, 0.25) is 0 Å². The zero-order chi connectivity index (χ0) is 15.3. The van der Waals surface area contributed by atoms with E-state index in [-0.39, 0.29) is 5.91 Å². The predicted molar refractivity (Wildman–Crippen MR) is 79.4 cm³/mol. The van der Waals surface area contributed by atoms with Crippen LogP contribution in [-0.4, -0.2) is 75.9 Å². The number of carbonyl (C=O) groups excluding carboxylic acids is 1. The van der Waals surface area contributed by atoms with Crippen molar-refractivity contribution in [3.63, 3.8) is 0 Å². The lowest BCUT2D eigenvalue weighted by Crippen LogP contribution is -2.43. The molecular formula is C14H32N2O3. The van der Waals surface area contributed by atoms with Gasteiger partial charge in [-0.3, -0.25) is 9.69 Å². The summed E-state index contributed by atoms with van der Waals surface area (Å²) >= 11 is 0. The van der Waals surface area contributed by atoms with Crippen LogP contribution in [0.4, 0.5) is 0 Å². The summed E-state index contributed by atoms with van der Waals surface area (Å²) in [5, 5.41) is 0. The van der Waals surface area contributed by atoms with Crippen LogP contribution >= 0.6 is 0 Å². The average molecular weight is 276 g/mol. The van der Waals surface area contributed by atoms with E-state index in [0.717, 1.165) is 0 Å². The van der Waals surface area contributed by atoms with Crippen molar-refractivity contribution in [2.24, 2.45) is 0 Å². The number of hydrogen-bond acceptors (Lipinski definition) is 4. The van der Waals surface area contributed by atoms with Crippen molar-refractivity contribution in [3.8, 4) is 0 Å². The molecule has 0 saturated heterocycles. The molecule has 0 bridgehead atoms. The predicted octanol–water partition coefficient (Wildman–Crippen LogP) is 1.47. The van der Waals surface area contributed by atoms with Gasteiger partial charge in [0.05, 0.1) is 19.8 Å². The van der Waals surface area contributed by atoms with Crippen molar-refractivity contribution in [1.82, 2.24) is 9.80 Å². The normalized spacial score (nSPS) is 10.4. The number of nitrogens with zero attached hydrogens (tertiary/aromatic N) is 2. The van der Waals surface area contributed by atoms with Crippen LogP contribution in [0.5, 0.6) is 0 Å². The lowest BCUT2D eigenvalue weighted by Gasteiger charge is -2.26. The molecule has 5 nitrogen and oxygen atoms in total. The molecule has 116 valence electrons. The minimum absolute atomic E-state index is 0.121. The molecule has 0 heterocycles. The largest absolute Gasteiger partial charge is 0.383 e. The first-order chi connectivity index (χ1) is 9.02. The highest BCUT2D eigenvalue weighted by Gasteiger charge is 2.16. The lowest BCUT2D eigenvalue weighted by molar-refractivity contribution is -0.133. The van der Waals surface area contributed by atoms with Gasteiger partial charge in [-0.15, -0.1) is 0 Å². The summed E-state index contributed by atoms with van der Waals surface area (Å²) in [6, 6.07) is 0.366. The Morgan fingerprint density at radius 3 is 1.79 bits per heavy atom. The van der Waals surface area contributed by atoms with E-state index in [4.69, 9.17) is 9.47 Å². The molecule has 5 heteroatoms. The molecule has 0 fully saturated rings. The van der Waals surface area contributed by atoms with Crippen LogP contribution in [-0.2, 0) is 14.3 Å². The topological polar surface area (TPSA) is 42.0 Å². The molecule has 0 aliphatic heterocycles. The molecule has 0 aromatic rings. The molecule has 0 rings (SSSR count). The molecule has 0 radical (unpaired) electrons. The number of likely N-dealkylation sites (N-methyl/N-ethyl adjacent to an activating group) is 1. The van der Waals surface area contributed by atoms with Gasteiger partial charge in [0, 0.05) is 33.4 Å². The maximum Gasteiger partial charge on any atom is 0.236 e. The molecule has 0 aliphatic carbocycles. The van der Waals surface area contributed by atoms with E-state index in [2.05, 4.69) is 13.8 Å². The summed E-state index contributed by atoms with van der Waals surface area (Å²) in [6.07, 6.45) is 0. The van der Waals surface area contributed by atoms with Gasteiger partial charge in [0.25, 0.3) is 0 Å². The molecule has 1 amide bonds. The highest BCUT2D eigenvalue weighted by molar-refractivity contribution is 5.78. The fourth-order valence-electron chi connectivity index (χ4n) is 1.26. The minimum Gasteiger partial charge on any atom is -0.383 e. The second-order valence-electron chi connectivity index (χ2n) is 4.38. The van der Waals surface area contributed by atoms with Crippen molar-refractivity contribution in [2.45, 2.75) is 33.7 Å². The third-order valence-corrected chi connectivity index (χ3v) is 2.75. The van der Waals surface area contributed by atoms with Crippen LogP contribution in [0.1, 0.15) is 27.7 Å². The maximum atomic E-state index is 12.0. The van der Waals surface area contributed by atoms with Crippen LogP contribution < -0.4 is 0 Å². The summed E-state index contributed by atoms with van der Waals surface area (Å²) in [6.45, 7) is 10.9. The monoisotopic (exact) mass is 276 g/mol. The van der Waals surface area contributed by atoms with E-state index in [1.807, 2.05) is 25.8 Å². The number of methoxy groups -OCH3 is 2. The lowest BCUT2D eigenvalue weighted by atomic mass is 10.3. The molecule has 0 spiro atoms. The Balaban J connectivity index is 0. The summed E-state index contributed by atoms with van der Waals surface area (Å²) < 4.78 is 10.0. The van der Waals surface area contributed by atoms with E-state index >= 15 is 0 Å². The highest BCUT2D eigenvalue weighted by Crippen LogP contribution is 1.97. The van der Waals surface area contributed by atoms with E-state index in [0.29, 0.717) is 38.9 Å². The van der Waals surface area contributed by atoms with E-state index < -0.39 is 0 Å². The van der Waals surface area contributed by atoms with Gasteiger partial charge in [-0.25, -0.2) is 0 Å². The van der Waals surface area contributed by atoms with Gasteiger partial charge in [-0.05, 0) is 20.9 Å². The Morgan fingerprint density at radius 1 is 1.05 bits per heavy atom. The average Bonchev–Trinajstić information content (AvgIpc) is 2.40. The number of rotatable bonds is 9. The molecule has 0 aromatic carbocycles. The van der Waals surface area contributed by atoms with Crippen molar-refractivity contribution in [1.29, 1.82) is 0 Å². The Hall–Kier alpha value is -0.650. The summed E-state index contributed by atoms with van der Waals surface area (Å²) in [5.41, 5.74) is 0. The van der Waals surface area contributed by atoms with Crippen LogP contribution in [0, 0.1) is 0 Å². The van der Waals surface area contributed by atoms with Crippen molar-refractivity contribution < 1.29 is 14.3 Å². The molecule has 0 aliphatic rings. The molecular weight excluding hydrogens is 244 g/mol. The molecule has 19 heavy (non-hydrogen) atoms. The molecule has 0 aromatic heterocycles. The van der Waals surface area contributed by atoms with Crippen LogP contribution in [0.25, 0.3) is 0 Å². The van der Waals surface area contributed by atoms with Gasteiger partial charge in [-0.1, -0.05) is 13.8 Å². The smallest absolute Gasteiger partial charge is 0.236 e. The van der Waals surface area contributed by atoms with E-state index in [1.165, 1.54) is 0 Å². The fourth-order valence-corrected chi connectivity index (χ4v) is 1.26.